The number of hydrogen-bond donors (Lipinski definition) is 1. The first kappa shape index (κ1) is 12.8. The molecule has 1 N–H and O–H groups in total. The van der Waals surface area contributed by atoms with Crippen LogP contribution >= 0.6 is 0 Å². The Hall–Kier alpha value is -1.95. The van der Waals surface area contributed by atoms with E-state index in [1.807, 2.05) is 12.1 Å². The summed E-state index contributed by atoms with van der Waals surface area (Å²) in [7, 11) is 2.27. The quantitative estimate of drug-likeness (QED) is 0.929. The zero-order valence-electron chi connectivity index (χ0n) is 12.2. The van der Waals surface area contributed by atoms with E-state index in [4.69, 9.17) is 0 Å². The monoisotopic (exact) mass is 284 g/mol. The van der Waals surface area contributed by atoms with Crippen molar-refractivity contribution in [1.82, 2.24) is 25.1 Å². The summed E-state index contributed by atoms with van der Waals surface area (Å²) in [6.45, 7) is 0. The third-order valence-corrected chi connectivity index (χ3v) is 4.96. The minimum absolute atomic E-state index is 0.538. The van der Waals surface area contributed by atoms with Crippen LogP contribution in [0.5, 0.6) is 0 Å². The van der Waals surface area contributed by atoms with E-state index >= 15 is 0 Å². The second-order valence-electron chi connectivity index (χ2n) is 6.13. The molecule has 2 aliphatic rings. The Morgan fingerprint density at radius 3 is 2.62 bits per heavy atom. The molecule has 2 unspecified atom stereocenters. The van der Waals surface area contributed by atoms with Crippen molar-refractivity contribution in [1.29, 1.82) is 0 Å². The van der Waals surface area contributed by atoms with Crippen molar-refractivity contribution in [2.75, 3.05) is 12.4 Å². The SMILES string of the molecule is CN1C2CCC1CC(Nc1ccccc1-n1cnnn1)C2. The zero-order chi connectivity index (χ0) is 14.2. The van der Waals surface area contributed by atoms with Gasteiger partial charge in [-0.3, -0.25) is 0 Å². The molecule has 2 fully saturated rings. The highest BCUT2D eigenvalue weighted by molar-refractivity contribution is 5.60. The largest absolute Gasteiger partial charge is 0.380 e. The van der Waals surface area contributed by atoms with E-state index in [9.17, 15) is 0 Å². The van der Waals surface area contributed by atoms with Crippen LogP contribution in [-0.2, 0) is 0 Å². The van der Waals surface area contributed by atoms with Gasteiger partial charge in [-0.1, -0.05) is 12.1 Å². The maximum Gasteiger partial charge on any atom is 0.143 e. The molecule has 0 amide bonds. The average molecular weight is 284 g/mol. The number of hydrogen-bond acceptors (Lipinski definition) is 5. The maximum atomic E-state index is 4.00. The smallest absolute Gasteiger partial charge is 0.143 e. The standard InChI is InChI=1S/C15H20N6/c1-20-12-6-7-13(20)9-11(8-12)17-14-4-2-3-5-15(14)21-10-16-18-19-21/h2-5,10-13,17H,6-9H2,1H3. The minimum Gasteiger partial charge on any atom is -0.380 e. The lowest BCUT2D eigenvalue weighted by atomic mass is 9.97. The van der Waals surface area contributed by atoms with Crippen LogP contribution in [0, 0.1) is 0 Å². The lowest BCUT2D eigenvalue weighted by molar-refractivity contribution is 0.169. The van der Waals surface area contributed by atoms with Crippen molar-refractivity contribution in [3.63, 3.8) is 0 Å². The molecule has 110 valence electrons. The molecule has 6 nitrogen and oxygen atoms in total. The molecule has 0 aliphatic carbocycles. The van der Waals surface area contributed by atoms with Gasteiger partial charge in [-0.15, -0.1) is 5.10 Å². The summed E-state index contributed by atoms with van der Waals surface area (Å²) in [6, 6.07) is 10.2. The average Bonchev–Trinajstić information content (AvgIpc) is 3.08. The Labute approximate surface area is 124 Å². The highest BCUT2D eigenvalue weighted by Gasteiger charge is 2.38. The molecule has 2 aromatic rings. The summed E-state index contributed by atoms with van der Waals surface area (Å²) < 4.78 is 1.71. The number of piperidine rings is 1. The fraction of sp³-hybridized carbons (Fsp3) is 0.533. The van der Waals surface area contributed by atoms with Gasteiger partial charge in [0.1, 0.15) is 6.33 Å². The summed E-state index contributed by atoms with van der Waals surface area (Å²) in [5.41, 5.74) is 2.12. The molecule has 1 aromatic heterocycles. The Balaban J connectivity index is 1.56. The Kier molecular flexibility index (Phi) is 3.11. The summed E-state index contributed by atoms with van der Waals surface area (Å²) in [5.74, 6) is 0. The van der Waals surface area contributed by atoms with E-state index in [1.165, 1.54) is 25.7 Å². The van der Waals surface area contributed by atoms with Crippen molar-refractivity contribution < 1.29 is 0 Å². The maximum absolute atomic E-state index is 4.00. The van der Waals surface area contributed by atoms with E-state index in [0.29, 0.717) is 6.04 Å². The Bertz CT molecular complexity index is 596. The normalized spacial score (nSPS) is 28.7. The topological polar surface area (TPSA) is 58.9 Å². The number of para-hydroxylation sites is 2. The molecule has 0 radical (unpaired) electrons. The molecule has 2 aliphatic heterocycles. The number of anilines is 1. The number of nitrogens with zero attached hydrogens (tertiary/aromatic N) is 5. The van der Waals surface area contributed by atoms with Gasteiger partial charge >= 0.3 is 0 Å². The first-order valence-corrected chi connectivity index (χ1v) is 7.62. The first-order valence-electron chi connectivity index (χ1n) is 7.62. The molecule has 0 saturated carbocycles. The number of nitrogens with one attached hydrogen (secondary N) is 1. The van der Waals surface area contributed by atoms with E-state index in [0.717, 1.165) is 23.5 Å². The number of fused-ring (bicyclic) bond motifs is 2. The van der Waals surface area contributed by atoms with Gasteiger partial charge in [0.15, 0.2) is 0 Å². The van der Waals surface area contributed by atoms with E-state index in [1.54, 1.807) is 11.0 Å². The molecule has 2 bridgehead atoms. The summed E-state index contributed by atoms with van der Waals surface area (Å²) >= 11 is 0. The van der Waals surface area contributed by atoms with Gasteiger partial charge < -0.3 is 10.2 Å². The van der Waals surface area contributed by atoms with Crippen molar-refractivity contribution in [3.8, 4) is 5.69 Å². The molecule has 4 rings (SSSR count). The van der Waals surface area contributed by atoms with E-state index in [-0.39, 0.29) is 0 Å². The van der Waals surface area contributed by atoms with Crippen molar-refractivity contribution >= 4 is 5.69 Å². The van der Waals surface area contributed by atoms with Gasteiger partial charge in [-0.25, -0.2) is 0 Å². The van der Waals surface area contributed by atoms with Crippen molar-refractivity contribution in [3.05, 3.63) is 30.6 Å². The molecular formula is C15H20N6. The summed E-state index contributed by atoms with van der Waals surface area (Å²) in [6.07, 6.45) is 6.76. The highest BCUT2D eigenvalue weighted by atomic mass is 15.5. The van der Waals surface area contributed by atoms with Gasteiger partial charge in [0.05, 0.1) is 11.4 Å². The van der Waals surface area contributed by atoms with Crippen LogP contribution in [0.4, 0.5) is 5.69 Å². The Morgan fingerprint density at radius 2 is 1.90 bits per heavy atom. The third kappa shape index (κ3) is 2.29. The first-order chi connectivity index (χ1) is 10.3. The second-order valence-corrected chi connectivity index (χ2v) is 6.13. The molecule has 2 saturated heterocycles. The van der Waals surface area contributed by atoms with Crippen LogP contribution in [0.25, 0.3) is 5.69 Å². The van der Waals surface area contributed by atoms with Gasteiger partial charge in [-0.2, -0.15) is 4.68 Å². The van der Waals surface area contributed by atoms with Crippen molar-refractivity contribution in [2.45, 2.75) is 43.8 Å². The number of rotatable bonds is 3. The molecule has 3 heterocycles. The molecule has 6 heteroatoms. The van der Waals surface area contributed by atoms with Crippen LogP contribution in [-0.4, -0.2) is 50.3 Å². The fourth-order valence-electron chi connectivity index (χ4n) is 3.82. The van der Waals surface area contributed by atoms with Gasteiger partial charge in [-0.05, 0) is 55.3 Å². The predicted octanol–water partition coefficient (Wildman–Crippen LogP) is 1.70. The fourth-order valence-corrected chi connectivity index (χ4v) is 3.82. The molecule has 2 atom stereocenters. The summed E-state index contributed by atoms with van der Waals surface area (Å²) in [4.78, 5) is 2.56. The predicted molar refractivity (Wildman–Crippen MR) is 80.4 cm³/mol. The summed E-state index contributed by atoms with van der Waals surface area (Å²) in [5, 5.41) is 15.2. The highest BCUT2D eigenvalue weighted by Crippen LogP contribution is 2.35. The van der Waals surface area contributed by atoms with Crippen LogP contribution in [0.15, 0.2) is 30.6 Å². The molecule has 0 spiro atoms. The lowest BCUT2D eigenvalue weighted by Crippen LogP contribution is -2.44. The second kappa shape index (κ2) is 5.11. The van der Waals surface area contributed by atoms with Gasteiger partial charge in [0.2, 0.25) is 0 Å². The number of benzene rings is 1. The van der Waals surface area contributed by atoms with Crippen LogP contribution in [0.3, 0.4) is 0 Å². The lowest BCUT2D eigenvalue weighted by Gasteiger charge is -2.37. The minimum atomic E-state index is 0.538. The Morgan fingerprint density at radius 1 is 1.14 bits per heavy atom. The number of tetrazole rings is 1. The van der Waals surface area contributed by atoms with E-state index in [2.05, 4.69) is 44.9 Å². The molecule has 21 heavy (non-hydrogen) atoms. The third-order valence-electron chi connectivity index (χ3n) is 4.96. The van der Waals surface area contributed by atoms with Gasteiger partial charge in [0.25, 0.3) is 0 Å². The number of aromatic nitrogens is 4. The van der Waals surface area contributed by atoms with Crippen molar-refractivity contribution in [2.24, 2.45) is 0 Å². The molecule has 1 aromatic carbocycles. The van der Waals surface area contributed by atoms with E-state index < -0.39 is 0 Å². The van der Waals surface area contributed by atoms with Gasteiger partial charge in [0, 0.05) is 18.1 Å². The van der Waals surface area contributed by atoms with Crippen LogP contribution in [0.2, 0.25) is 0 Å². The zero-order valence-corrected chi connectivity index (χ0v) is 12.2. The van der Waals surface area contributed by atoms with Crippen LogP contribution < -0.4 is 5.32 Å². The molecular weight excluding hydrogens is 264 g/mol. The van der Waals surface area contributed by atoms with Crippen LogP contribution in [0.1, 0.15) is 25.7 Å².